The van der Waals surface area contributed by atoms with Crippen molar-refractivity contribution in [1.29, 1.82) is 0 Å². The van der Waals surface area contributed by atoms with Gasteiger partial charge in [-0.1, -0.05) is 48.2 Å². The van der Waals surface area contributed by atoms with Crippen LogP contribution in [0.25, 0.3) is 22.0 Å². The second-order valence-corrected chi connectivity index (χ2v) is 8.71. The summed E-state index contributed by atoms with van der Waals surface area (Å²) in [6, 6.07) is 13.8. The Balaban J connectivity index is 1.38. The highest BCUT2D eigenvalue weighted by atomic mass is 32.2. The number of rotatable bonds is 6. The van der Waals surface area contributed by atoms with Crippen LogP contribution in [0.2, 0.25) is 0 Å². The molecule has 0 aliphatic rings. The van der Waals surface area contributed by atoms with Crippen molar-refractivity contribution >= 4 is 45.5 Å². The molecule has 0 saturated heterocycles. The summed E-state index contributed by atoms with van der Waals surface area (Å²) < 4.78 is 0. The zero-order valence-corrected chi connectivity index (χ0v) is 16.7. The number of anilines is 1. The van der Waals surface area contributed by atoms with Crippen molar-refractivity contribution in [2.45, 2.75) is 17.3 Å². The third kappa shape index (κ3) is 4.26. The van der Waals surface area contributed by atoms with E-state index in [0.29, 0.717) is 16.1 Å². The number of thioether (sulfide) groups is 1. The number of thiazole rings is 1. The van der Waals surface area contributed by atoms with Gasteiger partial charge >= 0.3 is 0 Å². The Morgan fingerprint density at radius 2 is 2.00 bits per heavy atom. The maximum atomic E-state index is 12.5. The van der Waals surface area contributed by atoms with E-state index in [0.717, 1.165) is 16.1 Å². The van der Waals surface area contributed by atoms with Crippen molar-refractivity contribution in [1.82, 2.24) is 20.2 Å². The fourth-order valence-electron chi connectivity index (χ4n) is 2.31. The summed E-state index contributed by atoms with van der Waals surface area (Å²) in [5, 5.41) is 14.7. The van der Waals surface area contributed by atoms with Gasteiger partial charge in [-0.3, -0.25) is 9.89 Å². The first-order valence-electron chi connectivity index (χ1n) is 8.14. The molecule has 136 valence electrons. The van der Waals surface area contributed by atoms with Gasteiger partial charge in [0.1, 0.15) is 0 Å². The molecule has 3 aromatic heterocycles. The fourth-order valence-corrected chi connectivity index (χ4v) is 4.42. The predicted molar refractivity (Wildman–Crippen MR) is 111 cm³/mol. The van der Waals surface area contributed by atoms with Gasteiger partial charge < -0.3 is 5.32 Å². The molecule has 0 bridgehead atoms. The van der Waals surface area contributed by atoms with Crippen molar-refractivity contribution in [3.8, 4) is 22.0 Å². The van der Waals surface area contributed by atoms with Crippen molar-refractivity contribution in [3.05, 3.63) is 53.2 Å². The fraction of sp³-hybridized carbons (Fsp3) is 0.111. The Hall–Kier alpha value is -2.49. The Labute approximate surface area is 168 Å². The van der Waals surface area contributed by atoms with Crippen LogP contribution >= 0.6 is 34.4 Å². The van der Waals surface area contributed by atoms with Crippen molar-refractivity contribution in [3.63, 3.8) is 0 Å². The molecule has 0 unspecified atom stereocenters. The number of thiophene rings is 1. The summed E-state index contributed by atoms with van der Waals surface area (Å²) in [6.07, 6.45) is 0. The molecule has 6 nitrogen and oxygen atoms in total. The van der Waals surface area contributed by atoms with E-state index in [9.17, 15) is 4.79 Å². The minimum Gasteiger partial charge on any atom is -0.301 e. The summed E-state index contributed by atoms with van der Waals surface area (Å²) in [4.78, 5) is 22.4. The second kappa shape index (κ2) is 8.03. The lowest BCUT2D eigenvalue weighted by Gasteiger charge is -2.07. The number of nitrogens with zero attached hydrogens (tertiary/aromatic N) is 3. The number of carbonyl (C=O) groups is 1. The van der Waals surface area contributed by atoms with E-state index in [2.05, 4.69) is 25.5 Å². The minimum absolute atomic E-state index is 0.128. The molecule has 3 heterocycles. The van der Waals surface area contributed by atoms with E-state index in [1.54, 1.807) is 11.3 Å². The van der Waals surface area contributed by atoms with Crippen LogP contribution in [-0.4, -0.2) is 31.3 Å². The number of nitrogens with one attached hydrogen (secondary N) is 2. The normalized spacial score (nSPS) is 12.0. The molecular weight excluding hydrogens is 398 g/mol. The van der Waals surface area contributed by atoms with Crippen LogP contribution in [-0.2, 0) is 4.79 Å². The molecule has 0 fully saturated rings. The SMILES string of the molecule is C[C@@H](Sc1n[nH]c(-c2cccs2)n1)C(=O)Nc1nc(-c2ccccc2)cs1. The van der Waals surface area contributed by atoms with Crippen LogP contribution in [0.4, 0.5) is 5.13 Å². The number of hydrogen-bond donors (Lipinski definition) is 2. The molecular formula is C18H15N5OS3. The van der Waals surface area contributed by atoms with Crippen molar-refractivity contribution in [2.75, 3.05) is 5.32 Å². The van der Waals surface area contributed by atoms with E-state index < -0.39 is 0 Å². The quantitative estimate of drug-likeness (QED) is 0.445. The molecule has 1 amide bonds. The molecule has 1 atom stereocenters. The van der Waals surface area contributed by atoms with Crippen LogP contribution in [0.3, 0.4) is 0 Å². The lowest BCUT2D eigenvalue weighted by molar-refractivity contribution is -0.115. The summed E-state index contributed by atoms with van der Waals surface area (Å²) in [5.74, 6) is 0.587. The van der Waals surface area contributed by atoms with E-state index in [-0.39, 0.29) is 11.2 Å². The highest BCUT2D eigenvalue weighted by Gasteiger charge is 2.19. The standard InChI is InChI=1S/C18H15N5OS3/c1-11(27-18-20-15(22-23-18)14-8-5-9-25-14)16(24)21-17-19-13(10-26-17)12-6-3-2-4-7-12/h2-11H,1H3,(H,19,21,24)(H,20,22,23)/t11-/m1/s1. The highest BCUT2D eigenvalue weighted by Crippen LogP contribution is 2.27. The number of carbonyl (C=O) groups excluding carboxylic acids is 1. The predicted octanol–water partition coefficient (Wildman–Crippen LogP) is 4.78. The van der Waals surface area contributed by atoms with Gasteiger partial charge in [0.25, 0.3) is 0 Å². The summed E-state index contributed by atoms with van der Waals surface area (Å²) in [6.45, 7) is 1.83. The van der Waals surface area contributed by atoms with Gasteiger partial charge in [-0.2, -0.15) is 0 Å². The van der Waals surface area contributed by atoms with Crippen molar-refractivity contribution < 1.29 is 4.79 Å². The topological polar surface area (TPSA) is 83.6 Å². The largest absolute Gasteiger partial charge is 0.301 e. The first-order chi connectivity index (χ1) is 13.2. The summed E-state index contributed by atoms with van der Waals surface area (Å²) in [7, 11) is 0. The molecule has 4 aromatic rings. The molecule has 27 heavy (non-hydrogen) atoms. The number of aromatic nitrogens is 4. The molecule has 0 aliphatic heterocycles. The maximum absolute atomic E-state index is 12.5. The van der Waals surface area contributed by atoms with Gasteiger partial charge in [0.05, 0.1) is 15.8 Å². The molecule has 0 saturated carbocycles. The lowest BCUT2D eigenvalue weighted by Crippen LogP contribution is -2.22. The average molecular weight is 414 g/mol. The molecule has 0 spiro atoms. The molecule has 2 N–H and O–H groups in total. The molecule has 0 radical (unpaired) electrons. The van der Waals surface area contributed by atoms with Crippen LogP contribution in [0.15, 0.2) is 58.4 Å². The Morgan fingerprint density at radius 1 is 1.15 bits per heavy atom. The Kier molecular flexibility index (Phi) is 5.33. The van der Waals surface area contributed by atoms with Gasteiger partial charge in [0, 0.05) is 10.9 Å². The van der Waals surface area contributed by atoms with E-state index in [1.807, 2.05) is 60.1 Å². The van der Waals surface area contributed by atoms with Crippen LogP contribution in [0.1, 0.15) is 6.92 Å². The van der Waals surface area contributed by atoms with Crippen LogP contribution < -0.4 is 5.32 Å². The van der Waals surface area contributed by atoms with Gasteiger partial charge in [-0.15, -0.1) is 27.8 Å². The number of aromatic amines is 1. The first-order valence-corrected chi connectivity index (χ1v) is 10.8. The number of benzene rings is 1. The van der Waals surface area contributed by atoms with Gasteiger partial charge in [0.15, 0.2) is 11.0 Å². The number of hydrogen-bond acceptors (Lipinski definition) is 7. The van der Waals surface area contributed by atoms with E-state index >= 15 is 0 Å². The molecule has 9 heteroatoms. The monoisotopic (exact) mass is 413 g/mol. The number of amides is 1. The van der Waals surface area contributed by atoms with Gasteiger partial charge in [-0.05, 0) is 18.4 Å². The first kappa shape index (κ1) is 17.9. The third-order valence-corrected chi connectivity index (χ3v) is 6.27. The zero-order chi connectivity index (χ0) is 18.6. The Morgan fingerprint density at radius 3 is 2.78 bits per heavy atom. The van der Waals surface area contributed by atoms with Crippen LogP contribution in [0.5, 0.6) is 0 Å². The van der Waals surface area contributed by atoms with E-state index in [1.165, 1.54) is 23.1 Å². The zero-order valence-electron chi connectivity index (χ0n) is 14.2. The smallest absolute Gasteiger partial charge is 0.239 e. The third-order valence-electron chi connectivity index (χ3n) is 3.67. The van der Waals surface area contributed by atoms with Gasteiger partial charge in [-0.25, -0.2) is 9.97 Å². The summed E-state index contributed by atoms with van der Waals surface area (Å²) >= 11 is 4.31. The average Bonchev–Trinajstić information content (AvgIpc) is 3.44. The van der Waals surface area contributed by atoms with Gasteiger partial charge in [0.2, 0.25) is 11.1 Å². The highest BCUT2D eigenvalue weighted by molar-refractivity contribution is 8.00. The maximum Gasteiger partial charge on any atom is 0.239 e. The molecule has 4 rings (SSSR count). The molecule has 1 aromatic carbocycles. The second-order valence-electron chi connectivity index (χ2n) is 5.60. The number of H-pyrrole nitrogens is 1. The minimum atomic E-state index is -0.346. The van der Waals surface area contributed by atoms with Crippen molar-refractivity contribution in [2.24, 2.45) is 0 Å². The Bertz CT molecular complexity index is 1030. The van der Waals surface area contributed by atoms with Crippen LogP contribution in [0, 0.1) is 0 Å². The molecule has 0 aliphatic carbocycles. The lowest BCUT2D eigenvalue weighted by atomic mass is 10.2. The van der Waals surface area contributed by atoms with E-state index in [4.69, 9.17) is 0 Å². The summed E-state index contributed by atoms with van der Waals surface area (Å²) in [5.41, 5.74) is 1.88.